The molecule has 2 aliphatic heterocycles. The quantitative estimate of drug-likeness (QED) is 0.127. The number of methoxy groups -OCH3 is 1. The first-order valence-corrected chi connectivity index (χ1v) is 21.2. The summed E-state index contributed by atoms with van der Waals surface area (Å²) >= 11 is 0. The van der Waals surface area contributed by atoms with Crippen molar-refractivity contribution in [3.8, 4) is 0 Å². The van der Waals surface area contributed by atoms with Gasteiger partial charge in [0.15, 0.2) is 0 Å². The van der Waals surface area contributed by atoms with Crippen molar-refractivity contribution in [1.29, 1.82) is 0 Å². The highest BCUT2D eigenvalue weighted by Gasteiger charge is 2.84. The van der Waals surface area contributed by atoms with Crippen LogP contribution in [-0.2, 0) is 50.9 Å². The van der Waals surface area contributed by atoms with Crippen LogP contribution >= 0.6 is 0 Å². The van der Waals surface area contributed by atoms with Crippen molar-refractivity contribution in [2.75, 3.05) is 11.4 Å². The number of fused-ring (bicyclic) bond motifs is 3. The minimum absolute atomic E-state index is 0.0286. The first-order chi connectivity index (χ1) is 26.2. The third-order valence-electron chi connectivity index (χ3n) is 12.4. The molecule has 4 aliphatic rings. The molecule has 2 fully saturated rings. The predicted octanol–water partition coefficient (Wildman–Crippen LogP) is 7.09. The van der Waals surface area contributed by atoms with Crippen molar-refractivity contribution in [2.45, 2.75) is 66.9 Å². The molecule has 1 saturated carbocycles. The topological polar surface area (TPSA) is 129 Å². The van der Waals surface area contributed by atoms with E-state index >= 15 is 16.8 Å². The zero-order valence-electron chi connectivity index (χ0n) is 30.8. The standard InChI is InChI=1S/C43H40N2O8S2/c1-27-23-33-38(41(2,3)25-27)39(40-31(24-36(46)52-4)30-19-11-13-21-34(30)44(40)54(48,49)28-15-7-5-8-16-28)42-26-37(47)53-43(33,42)45(35-22-14-12-20-32(35)42)55(50,51)29-17-9-6-10-18-29/h5-23,33,38-39H,24-26H2,1-4H3/t33-,38+,39+,42-,43-/m1/s1. The molecule has 0 radical (unpaired) electrons. The summed E-state index contributed by atoms with van der Waals surface area (Å²) in [6, 6.07) is 30.4. The number of sulfonamides is 1. The van der Waals surface area contributed by atoms with Gasteiger partial charge in [0.2, 0.25) is 5.72 Å². The largest absolute Gasteiger partial charge is 0.469 e. The average molecular weight is 777 g/mol. The Bertz CT molecular complexity index is 2690. The molecule has 1 saturated heterocycles. The zero-order chi connectivity index (χ0) is 38.7. The van der Waals surface area contributed by atoms with Gasteiger partial charge < -0.3 is 9.47 Å². The second-order valence-corrected chi connectivity index (χ2v) is 19.4. The predicted molar refractivity (Wildman–Crippen MR) is 206 cm³/mol. The molecule has 55 heavy (non-hydrogen) atoms. The molecule has 3 heterocycles. The molecule has 0 spiro atoms. The van der Waals surface area contributed by atoms with Crippen LogP contribution in [0.3, 0.4) is 0 Å². The minimum atomic E-state index is -4.42. The van der Waals surface area contributed by atoms with Crippen molar-refractivity contribution in [3.63, 3.8) is 0 Å². The van der Waals surface area contributed by atoms with E-state index < -0.39 is 66.3 Å². The Hall–Kier alpha value is -5.20. The van der Waals surface area contributed by atoms with E-state index in [0.717, 1.165) is 5.57 Å². The maximum absolute atomic E-state index is 15.3. The second-order valence-electron chi connectivity index (χ2n) is 15.8. The normalized spacial score (nSPS) is 26.5. The van der Waals surface area contributed by atoms with E-state index in [-0.39, 0.29) is 22.6 Å². The molecule has 9 rings (SSSR count). The van der Waals surface area contributed by atoms with Gasteiger partial charge in [0.1, 0.15) is 0 Å². The molecule has 1 aromatic heterocycles. The molecule has 0 bridgehead atoms. The van der Waals surface area contributed by atoms with Crippen LogP contribution < -0.4 is 4.31 Å². The number of nitrogens with zero attached hydrogens (tertiary/aromatic N) is 2. The molecule has 10 nitrogen and oxygen atoms in total. The molecule has 0 amide bonds. The van der Waals surface area contributed by atoms with Gasteiger partial charge in [0.25, 0.3) is 20.0 Å². The van der Waals surface area contributed by atoms with Crippen molar-refractivity contribution >= 4 is 48.6 Å². The Kier molecular flexibility index (Phi) is 7.68. The Labute approximate surface area is 320 Å². The molecule has 2 aliphatic carbocycles. The summed E-state index contributed by atoms with van der Waals surface area (Å²) in [5, 5.41) is 0.540. The maximum Gasteiger partial charge on any atom is 0.310 e. The Balaban J connectivity index is 1.48. The Morgan fingerprint density at radius 1 is 0.818 bits per heavy atom. The Morgan fingerprint density at radius 2 is 1.42 bits per heavy atom. The fraction of sp³-hybridized carbons (Fsp3) is 0.302. The van der Waals surface area contributed by atoms with Gasteiger partial charge in [0.05, 0.1) is 46.4 Å². The van der Waals surface area contributed by atoms with Crippen molar-refractivity contribution in [1.82, 2.24) is 3.97 Å². The number of carbonyl (C=O) groups is 2. The van der Waals surface area contributed by atoms with Gasteiger partial charge in [-0.15, -0.1) is 0 Å². The van der Waals surface area contributed by atoms with Crippen molar-refractivity contribution in [2.24, 2.45) is 17.3 Å². The van der Waals surface area contributed by atoms with Crippen LogP contribution in [0.25, 0.3) is 10.9 Å². The summed E-state index contributed by atoms with van der Waals surface area (Å²) in [4.78, 5) is 27.8. The number of anilines is 1. The average Bonchev–Trinajstić information content (AvgIpc) is 3.80. The van der Waals surface area contributed by atoms with Crippen LogP contribution in [0.2, 0.25) is 0 Å². The highest BCUT2D eigenvalue weighted by Crippen LogP contribution is 2.78. The molecule has 0 unspecified atom stereocenters. The molecular formula is C43H40N2O8S2. The van der Waals surface area contributed by atoms with E-state index in [1.54, 1.807) is 72.8 Å². The third-order valence-corrected chi connectivity index (χ3v) is 16.0. The van der Waals surface area contributed by atoms with Gasteiger partial charge in [-0.2, -0.15) is 0 Å². The SMILES string of the molecule is COC(=O)Cc1c([C@@H]2[C@@H]3[C@@H](C=C(C)CC3(C)C)[C@@]34OC(=O)C[C@@]23c2ccccc2N4S(=O)(=O)c2ccccc2)n(S(=O)(=O)c2ccccc2)c2ccccc12. The number of hydrogen-bond acceptors (Lipinski definition) is 8. The van der Waals surface area contributed by atoms with Crippen LogP contribution in [0.1, 0.15) is 56.4 Å². The van der Waals surface area contributed by atoms with Crippen LogP contribution in [0.5, 0.6) is 0 Å². The summed E-state index contributed by atoms with van der Waals surface area (Å²) < 4.78 is 75.8. The van der Waals surface area contributed by atoms with E-state index in [9.17, 15) is 9.59 Å². The third kappa shape index (κ3) is 4.58. The fourth-order valence-electron chi connectivity index (χ4n) is 10.9. The summed E-state index contributed by atoms with van der Waals surface area (Å²) in [6.07, 6.45) is 2.17. The first-order valence-electron chi connectivity index (χ1n) is 18.3. The fourth-order valence-corrected chi connectivity index (χ4v) is 14.3. The molecule has 282 valence electrons. The van der Waals surface area contributed by atoms with Gasteiger partial charge in [-0.25, -0.2) is 25.1 Å². The summed E-state index contributed by atoms with van der Waals surface area (Å²) in [5.74, 6) is -3.25. The van der Waals surface area contributed by atoms with Gasteiger partial charge >= 0.3 is 11.9 Å². The van der Waals surface area contributed by atoms with Crippen LogP contribution in [-0.4, -0.2) is 45.6 Å². The lowest BCUT2D eigenvalue weighted by atomic mass is 9.59. The highest BCUT2D eigenvalue weighted by atomic mass is 32.2. The number of ether oxygens (including phenoxy) is 2. The summed E-state index contributed by atoms with van der Waals surface area (Å²) in [5.41, 5.74) is -0.815. The number of para-hydroxylation sites is 2. The lowest BCUT2D eigenvalue weighted by Crippen LogP contribution is -2.60. The maximum atomic E-state index is 15.3. The van der Waals surface area contributed by atoms with Crippen molar-refractivity contribution < 1.29 is 35.9 Å². The zero-order valence-corrected chi connectivity index (χ0v) is 32.4. The summed E-state index contributed by atoms with van der Waals surface area (Å²) in [7, 11) is -7.52. The highest BCUT2D eigenvalue weighted by molar-refractivity contribution is 7.93. The van der Waals surface area contributed by atoms with E-state index in [0.29, 0.717) is 39.8 Å². The number of rotatable bonds is 7. The number of esters is 2. The van der Waals surface area contributed by atoms with Crippen molar-refractivity contribution in [3.05, 3.63) is 138 Å². The Morgan fingerprint density at radius 3 is 2.09 bits per heavy atom. The number of hydrogen-bond donors (Lipinski definition) is 0. The lowest BCUT2D eigenvalue weighted by Gasteiger charge is -2.47. The summed E-state index contributed by atoms with van der Waals surface area (Å²) in [6.45, 7) is 6.22. The second kappa shape index (κ2) is 11.9. The number of allylic oxidation sites excluding steroid dienone is 1. The molecule has 5 atom stereocenters. The number of aromatic nitrogens is 1. The van der Waals surface area contributed by atoms with E-state index in [2.05, 4.69) is 13.8 Å². The van der Waals surface area contributed by atoms with E-state index in [1.165, 1.54) is 39.7 Å². The van der Waals surface area contributed by atoms with Crippen LogP contribution in [0.4, 0.5) is 5.69 Å². The van der Waals surface area contributed by atoms with Gasteiger partial charge in [-0.1, -0.05) is 98.3 Å². The lowest BCUT2D eigenvalue weighted by molar-refractivity contribution is -0.151. The minimum Gasteiger partial charge on any atom is -0.469 e. The first kappa shape index (κ1) is 35.5. The van der Waals surface area contributed by atoms with E-state index in [4.69, 9.17) is 9.47 Å². The number of benzene rings is 4. The molecular weight excluding hydrogens is 737 g/mol. The van der Waals surface area contributed by atoms with Gasteiger partial charge in [0, 0.05) is 22.9 Å². The van der Waals surface area contributed by atoms with Crippen LogP contribution in [0, 0.1) is 17.3 Å². The van der Waals surface area contributed by atoms with Gasteiger partial charge in [-0.05, 0) is 72.2 Å². The monoisotopic (exact) mass is 776 g/mol. The van der Waals surface area contributed by atoms with Crippen LogP contribution in [0.15, 0.2) is 131 Å². The number of carbonyl (C=O) groups excluding carboxylic acids is 2. The van der Waals surface area contributed by atoms with Gasteiger partial charge in [-0.3, -0.25) is 9.59 Å². The molecule has 5 aromatic rings. The molecule has 12 heteroatoms. The molecule has 4 aromatic carbocycles. The smallest absolute Gasteiger partial charge is 0.310 e. The van der Waals surface area contributed by atoms with E-state index in [1.807, 2.05) is 25.1 Å². The molecule has 0 N–H and O–H groups in total.